The SMILES string of the molecule is Cc1cn[c]([Sn]([CH3])([CH3])[CH3])cc1C. The van der Waals surface area contributed by atoms with Crippen LogP contribution in [0.3, 0.4) is 0 Å². The summed E-state index contributed by atoms with van der Waals surface area (Å²) in [7, 11) is 0. The first-order chi connectivity index (χ1) is 5.41. The zero-order valence-electron chi connectivity index (χ0n) is 8.60. The van der Waals surface area contributed by atoms with E-state index in [-0.39, 0.29) is 0 Å². The summed E-state index contributed by atoms with van der Waals surface area (Å²) in [6.45, 7) is 4.28. The van der Waals surface area contributed by atoms with Gasteiger partial charge in [0, 0.05) is 0 Å². The van der Waals surface area contributed by atoms with Crippen molar-refractivity contribution in [1.82, 2.24) is 4.98 Å². The van der Waals surface area contributed by atoms with Gasteiger partial charge in [-0.25, -0.2) is 0 Å². The molecule has 0 fully saturated rings. The summed E-state index contributed by atoms with van der Waals surface area (Å²) < 4.78 is 1.38. The van der Waals surface area contributed by atoms with Gasteiger partial charge in [-0.3, -0.25) is 0 Å². The molecule has 1 heterocycles. The predicted octanol–water partition coefficient (Wildman–Crippen LogP) is 2.24. The monoisotopic (exact) mass is 271 g/mol. The van der Waals surface area contributed by atoms with Crippen molar-refractivity contribution in [2.75, 3.05) is 0 Å². The molecule has 0 unspecified atom stereocenters. The topological polar surface area (TPSA) is 12.9 Å². The van der Waals surface area contributed by atoms with Crippen molar-refractivity contribution in [2.45, 2.75) is 28.7 Å². The van der Waals surface area contributed by atoms with Gasteiger partial charge in [-0.05, 0) is 0 Å². The quantitative estimate of drug-likeness (QED) is 0.713. The molecule has 1 rings (SSSR count). The number of aryl methyl sites for hydroxylation is 2. The Morgan fingerprint density at radius 1 is 1.08 bits per heavy atom. The third-order valence-corrected chi connectivity index (χ3v) is 7.31. The van der Waals surface area contributed by atoms with Gasteiger partial charge in [-0.1, -0.05) is 0 Å². The molecule has 0 saturated heterocycles. The van der Waals surface area contributed by atoms with Gasteiger partial charge >= 0.3 is 79.1 Å². The molecule has 2 heteroatoms. The molecule has 0 saturated carbocycles. The number of hydrogen-bond acceptors (Lipinski definition) is 1. The predicted molar refractivity (Wildman–Crippen MR) is 56.7 cm³/mol. The molecule has 12 heavy (non-hydrogen) atoms. The Balaban J connectivity index is 3.14. The van der Waals surface area contributed by atoms with Crippen molar-refractivity contribution in [3.05, 3.63) is 23.4 Å². The first-order valence-electron chi connectivity index (χ1n) is 4.35. The Morgan fingerprint density at radius 3 is 2.08 bits per heavy atom. The Kier molecular flexibility index (Phi) is 2.81. The van der Waals surface area contributed by atoms with Crippen LogP contribution in [0.25, 0.3) is 0 Å². The molecule has 1 aromatic heterocycles. The summed E-state index contributed by atoms with van der Waals surface area (Å²) in [5, 5.41) is 0. The van der Waals surface area contributed by atoms with Crippen LogP contribution in [0.15, 0.2) is 12.3 Å². The third kappa shape index (κ3) is 2.22. The molecule has 0 aromatic carbocycles. The second kappa shape index (κ2) is 3.36. The van der Waals surface area contributed by atoms with E-state index in [0.717, 1.165) is 0 Å². The van der Waals surface area contributed by atoms with Crippen LogP contribution in [0, 0.1) is 13.8 Å². The summed E-state index contributed by atoms with van der Waals surface area (Å²) in [5.41, 5.74) is 2.68. The molecule has 1 nitrogen and oxygen atoms in total. The molecule has 66 valence electrons. The van der Waals surface area contributed by atoms with E-state index in [9.17, 15) is 0 Å². The molecule has 0 aliphatic heterocycles. The van der Waals surface area contributed by atoms with E-state index in [2.05, 4.69) is 39.7 Å². The summed E-state index contributed by atoms with van der Waals surface area (Å²) in [6.07, 6.45) is 2.01. The minimum atomic E-state index is -1.90. The molecule has 1 aromatic rings. The third-order valence-electron chi connectivity index (χ3n) is 2.14. The molecule has 0 aliphatic carbocycles. The van der Waals surface area contributed by atoms with Crippen LogP contribution in [0.1, 0.15) is 11.1 Å². The van der Waals surface area contributed by atoms with Crippen molar-refractivity contribution in [3.63, 3.8) is 0 Å². The summed E-state index contributed by atoms with van der Waals surface area (Å²) in [6, 6.07) is 2.27. The van der Waals surface area contributed by atoms with E-state index in [1.165, 1.54) is 14.8 Å². The van der Waals surface area contributed by atoms with Gasteiger partial charge in [0.25, 0.3) is 0 Å². The van der Waals surface area contributed by atoms with Gasteiger partial charge in [0.1, 0.15) is 0 Å². The fourth-order valence-electron chi connectivity index (χ4n) is 1.03. The van der Waals surface area contributed by atoms with Gasteiger partial charge < -0.3 is 0 Å². The van der Waals surface area contributed by atoms with E-state index in [0.29, 0.717) is 0 Å². The van der Waals surface area contributed by atoms with Crippen molar-refractivity contribution >= 4 is 22.1 Å². The molecule has 0 atom stereocenters. The normalized spacial score (nSPS) is 11.8. The maximum absolute atomic E-state index is 4.50. The van der Waals surface area contributed by atoms with Crippen LogP contribution >= 0.6 is 0 Å². The Labute approximate surface area is 79.1 Å². The standard InChI is InChI=1S/C7H8N.3CH3.Sn/c1-6-3-4-8-5-7(6)2;;;;/h3,5H,1-2H3;3*1H3;. The molecule has 0 N–H and O–H groups in total. The van der Waals surface area contributed by atoms with Gasteiger partial charge in [0.2, 0.25) is 0 Å². The van der Waals surface area contributed by atoms with E-state index < -0.39 is 18.4 Å². The van der Waals surface area contributed by atoms with Crippen LogP contribution in [0.5, 0.6) is 0 Å². The van der Waals surface area contributed by atoms with Gasteiger partial charge in [-0.2, -0.15) is 0 Å². The fourth-order valence-corrected chi connectivity index (χ4v) is 4.18. The molecular formula is C10H17NSn. The van der Waals surface area contributed by atoms with Crippen LogP contribution in [0.4, 0.5) is 0 Å². The van der Waals surface area contributed by atoms with Crippen LogP contribution in [-0.2, 0) is 0 Å². The molecule has 0 spiro atoms. The van der Waals surface area contributed by atoms with E-state index in [1.807, 2.05) is 6.20 Å². The molecule has 0 amide bonds. The number of hydrogen-bond donors (Lipinski definition) is 0. The van der Waals surface area contributed by atoms with E-state index in [4.69, 9.17) is 0 Å². The Bertz CT molecular complexity index is 286. The van der Waals surface area contributed by atoms with Crippen LogP contribution in [-0.4, -0.2) is 23.4 Å². The zero-order valence-corrected chi connectivity index (χ0v) is 11.5. The van der Waals surface area contributed by atoms with Crippen LogP contribution in [0.2, 0.25) is 14.8 Å². The van der Waals surface area contributed by atoms with E-state index >= 15 is 0 Å². The minimum absolute atomic E-state index is 1.30. The van der Waals surface area contributed by atoms with Crippen molar-refractivity contribution in [1.29, 1.82) is 0 Å². The summed E-state index contributed by atoms with van der Waals surface area (Å²) in [5.74, 6) is 0. The van der Waals surface area contributed by atoms with Crippen molar-refractivity contribution < 1.29 is 0 Å². The van der Waals surface area contributed by atoms with Crippen molar-refractivity contribution in [3.8, 4) is 0 Å². The Hall–Kier alpha value is -0.0513. The summed E-state index contributed by atoms with van der Waals surface area (Å²) >= 11 is -1.90. The first kappa shape index (κ1) is 10.0. The molecule has 0 radical (unpaired) electrons. The first-order valence-corrected chi connectivity index (χ1v) is 14.3. The van der Waals surface area contributed by atoms with Gasteiger partial charge in [-0.15, -0.1) is 0 Å². The average molecular weight is 270 g/mol. The molecule has 0 aliphatic rings. The molecule has 0 bridgehead atoms. The number of aromatic nitrogens is 1. The number of rotatable bonds is 1. The van der Waals surface area contributed by atoms with Crippen LogP contribution < -0.4 is 3.71 Å². The van der Waals surface area contributed by atoms with Gasteiger partial charge in [0.05, 0.1) is 0 Å². The second-order valence-corrected chi connectivity index (χ2v) is 18.7. The van der Waals surface area contributed by atoms with E-state index in [1.54, 1.807) is 0 Å². The summed E-state index contributed by atoms with van der Waals surface area (Å²) in [4.78, 5) is 11.7. The zero-order chi connectivity index (χ0) is 9.35. The maximum atomic E-state index is 4.50. The van der Waals surface area contributed by atoms with Gasteiger partial charge in [0.15, 0.2) is 0 Å². The fraction of sp³-hybridized carbons (Fsp3) is 0.500. The number of pyridine rings is 1. The molecular weight excluding hydrogens is 253 g/mol. The average Bonchev–Trinajstić information content (AvgIpc) is 1.92. The second-order valence-electron chi connectivity index (χ2n) is 4.40. The number of nitrogens with zero attached hydrogens (tertiary/aromatic N) is 1. The Morgan fingerprint density at radius 2 is 1.67 bits per heavy atom. The van der Waals surface area contributed by atoms with Crippen molar-refractivity contribution in [2.24, 2.45) is 0 Å².